The lowest BCUT2D eigenvalue weighted by molar-refractivity contribution is 0.223. The normalized spacial score (nSPS) is 27.2. The van der Waals surface area contributed by atoms with Crippen LogP contribution in [0.4, 0.5) is 0 Å². The number of hydrogen-bond donors (Lipinski definition) is 1. The third kappa shape index (κ3) is 2.85. The number of allylic oxidation sites excluding steroid dienone is 1. The van der Waals surface area contributed by atoms with Crippen molar-refractivity contribution in [1.29, 1.82) is 0 Å². The maximum atomic E-state index is 11.8. The minimum absolute atomic E-state index is 0.0335. The van der Waals surface area contributed by atoms with E-state index in [-0.39, 0.29) is 5.66 Å². The topological polar surface area (TPSA) is 46.5 Å². The van der Waals surface area contributed by atoms with Gasteiger partial charge in [-0.1, -0.05) is 13.8 Å². The first-order chi connectivity index (χ1) is 5.92. The smallest absolute Gasteiger partial charge is 0.247 e. The third-order valence-corrected chi connectivity index (χ3v) is 4.77. The van der Waals surface area contributed by atoms with Crippen LogP contribution in [0.15, 0.2) is 11.8 Å². The molecular weight excluding hydrogens is 187 g/mol. The molecule has 2 atom stereocenters. The highest BCUT2D eigenvalue weighted by Crippen LogP contribution is 2.50. The lowest BCUT2D eigenvalue weighted by Gasteiger charge is -2.18. The Hall–Kier alpha value is -0.270. The van der Waals surface area contributed by atoms with E-state index in [1.54, 1.807) is 12.7 Å². The Balaban J connectivity index is 2.59. The van der Waals surface area contributed by atoms with Crippen molar-refractivity contribution in [3.05, 3.63) is 11.8 Å². The number of aliphatic hydroxyl groups excluding tert-OH is 1. The molecule has 0 amide bonds. The summed E-state index contributed by atoms with van der Waals surface area (Å²) in [5.74, 6) is 0.687. The van der Waals surface area contributed by atoms with Gasteiger partial charge in [0.2, 0.25) is 7.37 Å². The third-order valence-electron chi connectivity index (χ3n) is 2.30. The highest BCUT2D eigenvalue weighted by molar-refractivity contribution is 7.58. The van der Waals surface area contributed by atoms with Gasteiger partial charge < -0.3 is 9.63 Å². The molecule has 13 heavy (non-hydrogen) atoms. The van der Waals surface area contributed by atoms with E-state index in [0.717, 1.165) is 0 Å². The first-order valence-corrected chi connectivity index (χ1v) is 6.71. The van der Waals surface area contributed by atoms with E-state index >= 15 is 0 Å². The summed E-state index contributed by atoms with van der Waals surface area (Å²) >= 11 is 0. The van der Waals surface area contributed by atoms with Crippen molar-refractivity contribution in [3.63, 3.8) is 0 Å². The van der Waals surface area contributed by atoms with Crippen molar-refractivity contribution in [2.45, 2.75) is 38.5 Å². The van der Waals surface area contributed by atoms with Gasteiger partial charge >= 0.3 is 0 Å². The number of aliphatic hydroxyl groups is 1. The van der Waals surface area contributed by atoms with Gasteiger partial charge in [0.15, 0.2) is 0 Å². The quantitative estimate of drug-likeness (QED) is 0.718. The zero-order chi connectivity index (χ0) is 10.1. The van der Waals surface area contributed by atoms with Gasteiger partial charge in [-0.3, -0.25) is 4.57 Å². The lowest BCUT2D eigenvalue weighted by atomic mass is 10.3. The van der Waals surface area contributed by atoms with Gasteiger partial charge in [-0.25, -0.2) is 0 Å². The molecule has 0 spiro atoms. The summed E-state index contributed by atoms with van der Waals surface area (Å²) in [5, 5.41) is 9.19. The van der Waals surface area contributed by atoms with Gasteiger partial charge in [0.1, 0.15) is 5.76 Å². The highest BCUT2D eigenvalue weighted by atomic mass is 31.2. The average molecular weight is 204 g/mol. The molecule has 76 valence electrons. The summed E-state index contributed by atoms with van der Waals surface area (Å²) < 4.78 is 17.2. The van der Waals surface area contributed by atoms with E-state index in [9.17, 15) is 9.67 Å². The molecule has 0 aromatic heterocycles. The first-order valence-electron chi connectivity index (χ1n) is 4.57. The standard InChI is InChI=1S/C9H17O3P/c1-7(2)13(3,11)12-9-5-4-8(10)6-9/h6-8,10H,4-5H2,1-3H3. The molecule has 1 N–H and O–H groups in total. The molecule has 4 heteroatoms. The Labute approximate surface area is 79.2 Å². The molecule has 2 unspecified atom stereocenters. The fourth-order valence-corrected chi connectivity index (χ4v) is 1.91. The summed E-state index contributed by atoms with van der Waals surface area (Å²) in [6.45, 7) is 5.41. The van der Waals surface area contributed by atoms with Crippen LogP contribution in [-0.4, -0.2) is 23.5 Å². The van der Waals surface area contributed by atoms with Crippen molar-refractivity contribution in [3.8, 4) is 0 Å². The minimum Gasteiger partial charge on any atom is -0.448 e. The minimum atomic E-state index is -2.52. The van der Waals surface area contributed by atoms with Crippen molar-refractivity contribution in [2.24, 2.45) is 0 Å². The Bertz CT molecular complexity index is 258. The second-order valence-electron chi connectivity index (χ2n) is 3.83. The summed E-state index contributed by atoms with van der Waals surface area (Å²) in [4.78, 5) is 0. The number of rotatable bonds is 3. The molecule has 1 rings (SSSR count). The van der Waals surface area contributed by atoms with E-state index in [2.05, 4.69) is 0 Å². The molecule has 0 radical (unpaired) electrons. The summed E-state index contributed by atoms with van der Waals surface area (Å²) in [5.41, 5.74) is 0.0335. The molecule has 1 aliphatic rings. The molecule has 1 aliphatic carbocycles. The maximum absolute atomic E-state index is 11.8. The van der Waals surface area contributed by atoms with E-state index in [1.807, 2.05) is 13.8 Å². The number of hydrogen-bond acceptors (Lipinski definition) is 3. The first kappa shape index (κ1) is 10.8. The van der Waals surface area contributed by atoms with Crippen LogP contribution in [0.1, 0.15) is 26.7 Å². The second-order valence-corrected chi connectivity index (χ2v) is 6.87. The zero-order valence-corrected chi connectivity index (χ0v) is 9.25. The van der Waals surface area contributed by atoms with Crippen LogP contribution in [-0.2, 0) is 9.09 Å². The average Bonchev–Trinajstić information content (AvgIpc) is 2.34. The molecule has 0 saturated heterocycles. The molecule has 0 aromatic carbocycles. The summed E-state index contributed by atoms with van der Waals surface area (Å²) in [7, 11) is -2.52. The van der Waals surface area contributed by atoms with Crippen molar-refractivity contribution in [2.75, 3.05) is 6.66 Å². The Morgan fingerprint density at radius 3 is 2.69 bits per heavy atom. The van der Waals surface area contributed by atoms with Crippen molar-refractivity contribution in [1.82, 2.24) is 0 Å². The Morgan fingerprint density at radius 1 is 1.69 bits per heavy atom. The van der Waals surface area contributed by atoms with E-state index in [0.29, 0.717) is 18.6 Å². The molecule has 3 nitrogen and oxygen atoms in total. The largest absolute Gasteiger partial charge is 0.448 e. The van der Waals surface area contributed by atoms with Crippen LogP contribution in [0.5, 0.6) is 0 Å². The molecule has 0 heterocycles. The Kier molecular flexibility index (Phi) is 3.20. The molecule has 0 aliphatic heterocycles. The molecule has 0 fully saturated rings. The summed E-state index contributed by atoms with van der Waals surface area (Å²) in [6.07, 6.45) is 2.62. The fraction of sp³-hybridized carbons (Fsp3) is 0.778. The van der Waals surface area contributed by atoms with Crippen molar-refractivity contribution >= 4 is 7.37 Å². The Morgan fingerprint density at radius 2 is 2.31 bits per heavy atom. The maximum Gasteiger partial charge on any atom is 0.247 e. The lowest BCUT2D eigenvalue weighted by Crippen LogP contribution is -1.99. The SMILES string of the molecule is CC(C)P(C)(=O)OC1=CC(O)CC1. The predicted molar refractivity (Wildman–Crippen MR) is 53.1 cm³/mol. The monoisotopic (exact) mass is 204 g/mol. The van der Waals surface area contributed by atoms with Crippen LogP contribution in [0.25, 0.3) is 0 Å². The zero-order valence-electron chi connectivity index (χ0n) is 8.36. The van der Waals surface area contributed by atoms with Gasteiger partial charge in [0, 0.05) is 18.7 Å². The van der Waals surface area contributed by atoms with Gasteiger partial charge in [0.25, 0.3) is 0 Å². The van der Waals surface area contributed by atoms with E-state index in [4.69, 9.17) is 4.52 Å². The van der Waals surface area contributed by atoms with Gasteiger partial charge in [-0.15, -0.1) is 0 Å². The predicted octanol–water partition coefficient (Wildman–Crippen LogP) is 2.36. The van der Waals surface area contributed by atoms with Crippen LogP contribution < -0.4 is 0 Å². The second kappa shape index (κ2) is 3.85. The van der Waals surface area contributed by atoms with E-state index < -0.39 is 13.5 Å². The van der Waals surface area contributed by atoms with Gasteiger partial charge in [0.05, 0.1) is 6.10 Å². The van der Waals surface area contributed by atoms with Gasteiger partial charge in [-0.05, 0) is 12.5 Å². The summed E-state index contributed by atoms with van der Waals surface area (Å²) in [6, 6.07) is 0. The van der Waals surface area contributed by atoms with Crippen LogP contribution in [0.2, 0.25) is 0 Å². The van der Waals surface area contributed by atoms with E-state index in [1.165, 1.54) is 0 Å². The highest BCUT2D eigenvalue weighted by Gasteiger charge is 2.25. The molecular formula is C9H17O3P. The molecule has 0 aromatic rings. The molecule has 0 bridgehead atoms. The van der Waals surface area contributed by atoms with Crippen LogP contribution >= 0.6 is 7.37 Å². The molecule has 0 saturated carbocycles. The van der Waals surface area contributed by atoms with Gasteiger partial charge in [-0.2, -0.15) is 0 Å². The van der Waals surface area contributed by atoms with Crippen LogP contribution in [0.3, 0.4) is 0 Å². The van der Waals surface area contributed by atoms with Crippen molar-refractivity contribution < 1.29 is 14.2 Å². The van der Waals surface area contributed by atoms with Crippen LogP contribution in [0, 0.1) is 0 Å². The fourth-order valence-electron chi connectivity index (χ4n) is 1.09.